The first kappa shape index (κ1) is 13.3. The molecule has 2 saturated heterocycles. The fraction of sp³-hybridized carbons (Fsp3) is 1.00. The smallest absolute Gasteiger partial charge is 0.0726 e. The summed E-state index contributed by atoms with van der Waals surface area (Å²) in [6.45, 7) is 10.5. The molecule has 4 nitrogen and oxygen atoms in total. The van der Waals surface area contributed by atoms with Gasteiger partial charge in [-0.3, -0.25) is 4.90 Å². The zero-order valence-electron chi connectivity index (χ0n) is 11.2. The van der Waals surface area contributed by atoms with Gasteiger partial charge in [0.2, 0.25) is 0 Å². The molecule has 2 heterocycles. The Morgan fingerprint density at radius 3 is 2.65 bits per heavy atom. The molecule has 0 saturated carbocycles. The SMILES string of the molecule is CC(CN1CCOCC1)NC(C)C1CCCO1. The number of nitrogens with zero attached hydrogens (tertiary/aromatic N) is 1. The summed E-state index contributed by atoms with van der Waals surface area (Å²) in [5.41, 5.74) is 0. The van der Waals surface area contributed by atoms with E-state index in [0.717, 1.165) is 39.5 Å². The third-order valence-corrected chi connectivity index (χ3v) is 3.71. The van der Waals surface area contributed by atoms with E-state index in [1.54, 1.807) is 0 Å². The van der Waals surface area contributed by atoms with Gasteiger partial charge in [0.05, 0.1) is 19.3 Å². The molecule has 0 aliphatic carbocycles. The van der Waals surface area contributed by atoms with Crippen molar-refractivity contribution in [2.75, 3.05) is 39.5 Å². The third kappa shape index (κ3) is 4.21. The first-order chi connectivity index (χ1) is 8.25. The predicted molar refractivity (Wildman–Crippen MR) is 68.3 cm³/mol. The quantitative estimate of drug-likeness (QED) is 0.775. The molecule has 0 amide bonds. The van der Waals surface area contributed by atoms with Crippen LogP contribution in [0.25, 0.3) is 0 Å². The zero-order chi connectivity index (χ0) is 12.1. The van der Waals surface area contributed by atoms with Gasteiger partial charge in [0.25, 0.3) is 0 Å². The van der Waals surface area contributed by atoms with Crippen LogP contribution in [0, 0.1) is 0 Å². The molecule has 2 fully saturated rings. The van der Waals surface area contributed by atoms with Crippen LogP contribution >= 0.6 is 0 Å². The fourth-order valence-corrected chi connectivity index (χ4v) is 2.78. The van der Waals surface area contributed by atoms with Gasteiger partial charge in [-0.25, -0.2) is 0 Å². The summed E-state index contributed by atoms with van der Waals surface area (Å²) in [4.78, 5) is 2.48. The van der Waals surface area contributed by atoms with E-state index in [4.69, 9.17) is 9.47 Å². The predicted octanol–water partition coefficient (Wildman–Crippen LogP) is 0.864. The molecule has 100 valence electrons. The van der Waals surface area contributed by atoms with E-state index in [1.165, 1.54) is 12.8 Å². The molecule has 2 aliphatic heterocycles. The van der Waals surface area contributed by atoms with Gasteiger partial charge in [0.1, 0.15) is 0 Å². The molecule has 0 aromatic rings. The number of hydrogen-bond donors (Lipinski definition) is 1. The summed E-state index contributed by atoms with van der Waals surface area (Å²) < 4.78 is 11.1. The minimum Gasteiger partial charge on any atom is -0.379 e. The van der Waals surface area contributed by atoms with Gasteiger partial charge < -0.3 is 14.8 Å². The van der Waals surface area contributed by atoms with Crippen LogP contribution in [0.5, 0.6) is 0 Å². The maximum atomic E-state index is 5.71. The average Bonchev–Trinajstić information content (AvgIpc) is 2.83. The zero-order valence-corrected chi connectivity index (χ0v) is 11.2. The topological polar surface area (TPSA) is 33.7 Å². The highest BCUT2D eigenvalue weighted by molar-refractivity contribution is 4.80. The lowest BCUT2D eigenvalue weighted by Gasteiger charge is -2.31. The van der Waals surface area contributed by atoms with E-state index in [9.17, 15) is 0 Å². The summed E-state index contributed by atoms with van der Waals surface area (Å²) in [6.07, 6.45) is 2.84. The van der Waals surface area contributed by atoms with Gasteiger partial charge in [-0.05, 0) is 26.7 Å². The molecular weight excluding hydrogens is 216 g/mol. The van der Waals surface area contributed by atoms with Crippen molar-refractivity contribution in [1.82, 2.24) is 10.2 Å². The molecule has 0 spiro atoms. The van der Waals surface area contributed by atoms with Gasteiger partial charge in [0.15, 0.2) is 0 Å². The third-order valence-electron chi connectivity index (χ3n) is 3.71. The average molecular weight is 242 g/mol. The minimum absolute atomic E-state index is 0.419. The van der Waals surface area contributed by atoms with Crippen LogP contribution in [0.4, 0.5) is 0 Å². The van der Waals surface area contributed by atoms with Crippen LogP contribution in [0.1, 0.15) is 26.7 Å². The van der Waals surface area contributed by atoms with Gasteiger partial charge in [0, 0.05) is 38.3 Å². The van der Waals surface area contributed by atoms with Gasteiger partial charge in [-0.15, -0.1) is 0 Å². The second kappa shape index (κ2) is 6.69. The molecule has 2 rings (SSSR count). The Labute approximate surface area is 105 Å². The normalized spacial score (nSPS) is 30.4. The fourth-order valence-electron chi connectivity index (χ4n) is 2.78. The summed E-state index contributed by atoms with van der Waals surface area (Å²) in [6, 6.07) is 0.987. The van der Waals surface area contributed by atoms with Crippen molar-refractivity contribution in [3.63, 3.8) is 0 Å². The van der Waals surface area contributed by atoms with Crippen molar-refractivity contribution in [2.24, 2.45) is 0 Å². The maximum absolute atomic E-state index is 5.71. The molecule has 0 aromatic heterocycles. The van der Waals surface area contributed by atoms with Crippen molar-refractivity contribution in [2.45, 2.75) is 44.9 Å². The molecule has 3 atom stereocenters. The van der Waals surface area contributed by atoms with E-state index in [-0.39, 0.29) is 0 Å². The summed E-state index contributed by atoms with van der Waals surface area (Å²) in [5, 5.41) is 3.66. The summed E-state index contributed by atoms with van der Waals surface area (Å²) in [7, 11) is 0. The Kier molecular flexibility index (Phi) is 5.22. The Morgan fingerprint density at radius 2 is 2.00 bits per heavy atom. The number of ether oxygens (including phenoxy) is 2. The summed E-state index contributed by atoms with van der Waals surface area (Å²) in [5.74, 6) is 0. The second-order valence-electron chi connectivity index (χ2n) is 5.32. The van der Waals surface area contributed by atoms with E-state index < -0.39 is 0 Å². The van der Waals surface area contributed by atoms with Crippen molar-refractivity contribution < 1.29 is 9.47 Å². The first-order valence-electron chi connectivity index (χ1n) is 6.93. The van der Waals surface area contributed by atoms with Gasteiger partial charge in [-0.1, -0.05) is 0 Å². The molecule has 4 heteroatoms. The van der Waals surface area contributed by atoms with Gasteiger partial charge in [-0.2, -0.15) is 0 Å². The number of morpholine rings is 1. The lowest BCUT2D eigenvalue weighted by atomic mass is 10.1. The van der Waals surface area contributed by atoms with Crippen molar-refractivity contribution in [3.8, 4) is 0 Å². The highest BCUT2D eigenvalue weighted by Gasteiger charge is 2.24. The number of hydrogen-bond acceptors (Lipinski definition) is 4. The van der Waals surface area contributed by atoms with Crippen molar-refractivity contribution in [3.05, 3.63) is 0 Å². The molecule has 1 N–H and O–H groups in total. The second-order valence-corrected chi connectivity index (χ2v) is 5.32. The van der Waals surface area contributed by atoms with Crippen molar-refractivity contribution >= 4 is 0 Å². The van der Waals surface area contributed by atoms with E-state index in [1.807, 2.05) is 0 Å². The molecule has 0 aromatic carbocycles. The van der Waals surface area contributed by atoms with E-state index in [0.29, 0.717) is 18.2 Å². The largest absolute Gasteiger partial charge is 0.379 e. The van der Waals surface area contributed by atoms with Gasteiger partial charge >= 0.3 is 0 Å². The van der Waals surface area contributed by atoms with Crippen LogP contribution in [0.2, 0.25) is 0 Å². The molecule has 17 heavy (non-hydrogen) atoms. The molecule has 0 radical (unpaired) electrons. The Hall–Kier alpha value is -0.160. The Morgan fingerprint density at radius 1 is 1.24 bits per heavy atom. The molecule has 0 bridgehead atoms. The highest BCUT2D eigenvalue weighted by Crippen LogP contribution is 2.15. The highest BCUT2D eigenvalue weighted by atomic mass is 16.5. The van der Waals surface area contributed by atoms with Crippen LogP contribution in [-0.4, -0.2) is 62.5 Å². The van der Waals surface area contributed by atoms with E-state index in [2.05, 4.69) is 24.1 Å². The van der Waals surface area contributed by atoms with E-state index >= 15 is 0 Å². The van der Waals surface area contributed by atoms with Crippen molar-refractivity contribution in [1.29, 1.82) is 0 Å². The maximum Gasteiger partial charge on any atom is 0.0726 e. The number of nitrogens with one attached hydrogen (secondary N) is 1. The van der Waals surface area contributed by atoms with Crippen LogP contribution in [-0.2, 0) is 9.47 Å². The first-order valence-corrected chi connectivity index (χ1v) is 6.93. The molecular formula is C13H26N2O2. The molecule has 2 aliphatic rings. The van der Waals surface area contributed by atoms with Crippen LogP contribution in [0.3, 0.4) is 0 Å². The van der Waals surface area contributed by atoms with Crippen LogP contribution < -0.4 is 5.32 Å². The standard InChI is InChI=1S/C13H26N2O2/c1-11(10-15-5-8-16-9-6-15)14-12(2)13-4-3-7-17-13/h11-14H,3-10H2,1-2H3. The van der Waals surface area contributed by atoms with Crippen LogP contribution in [0.15, 0.2) is 0 Å². The lowest BCUT2D eigenvalue weighted by molar-refractivity contribution is 0.0310. The number of rotatable bonds is 5. The monoisotopic (exact) mass is 242 g/mol. The Bertz CT molecular complexity index is 213. The summed E-state index contributed by atoms with van der Waals surface area (Å²) >= 11 is 0. The lowest BCUT2D eigenvalue weighted by Crippen LogP contribution is -2.49. The molecule has 3 unspecified atom stereocenters. The minimum atomic E-state index is 0.419. The Balaban J connectivity index is 1.66.